The van der Waals surface area contributed by atoms with Crippen LogP contribution in [-0.2, 0) is 6.42 Å². The molecular weight excluding hydrogens is 245 g/mol. The molecule has 2 aliphatic rings. The van der Waals surface area contributed by atoms with Gasteiger partial charge in [-0.15, -0.1) is 11.3 Å². The number of fused-ring (bicyclic) bond motifs is 2. The maximum absolute atomic E-state index is 14.7. The third-order valence-electron chi connectivity index (χ3n) is 3.68. The highest BCUT2D eigenvalue weighted by Gasteiger charge is 2.44. The third kappa shape index (κ3) is 2.13. The summed E-state index contributed by atoms with van der Waals surface area (Å²) >= 11 is 7.38. The van der Waals surface area contributed by atoms with E-state index in [9.17, 15) is 4.39 Å². The predicted molar refractivity (Wildman–Crippen MR) is 66.1 cm³/mol. The minimum Gasteiger partial charge on any atom is -0.311 e. The fourth-order valence-corrected chi connectivity index (χ4v) is 4.31. The lowest BCUT2D eigenvalue weighted by molar-refractivity contribution is 0.0902. The molecule has 2 fully saturated rings. The maximum Gasteiger partial charge on any atom is 0.118 e. The first-order valence-electron chi connectivity index (χ1n) is 5.82. The van der Waals surface area contributed by atoms with Crippen LogP contribution in [0, 0.1) is 0 Å². The number of hydrogen-bond donors (Lipinski definition) is 1. The van der Waals surface area contributed by atoms with Crippen molar-refractivity contribution in [2.45, 2.75) is 49.9 Å². The lowest BCUT2D eigenvalue weighted by Gasteiger charge is -2.34. The fourth-order valence-electron chi connectivity index (χ4n) is 3.09. The lowest BCUT2D eigenvalue weighted by Crippen LogP contribution is -2.47. The molecule has 2 bridgehead atoms. The topological polar surface area (TPSA) is 12.0 Å². The van der Waals surface area contributed by atoms with Crippen LogP contribution < -0.4 is 5.32 Å². The number of rotatable bonds is 2. The summed E-state index contributed by atoms with van der Waals surface area (Å²) in [5.74, 6) is 0. The Balaban J connectivity index is 1.74. The summed E-state index contributed by atoms with van der Waals surface area (Å²) in [5, 5.41) is 3.47. The third-order valence-corrected chi connectivity index (χ3v) is 4.91. The molecule has 0 amide bonds. The van der Waals surface area contributed by atoms with Crippen LogP contribution in [0.2, 0.25) is 4.34 Å². The number of nitrogens with one attached hydrogen (secondary N) is 1. The van der Waals surface area contributed by atoms with Crippen LogP contribution in [0.3, 0.4) is 0 Å². The van der Waals surface area contributed by atoms with Gasteiger partial charge in [0.05, 0.1) is 4.34 Å². The summed E-state index contributed by atoms with van der Waals surface area (Å²) in [6.45, 7) is 0. The van der Waals surface area contributed by atoms with Crippen molar-refractivity contribution in [3.8, 4) is 0 Å². The highest BCUT2D eigenvalue weighted by atomic mass is 35.5. The van der Waals surface area contributed by atoms with E-state index in [4.69, 9.17) is 11.6 Å². The smallest absolute Gasteiger partial charge is 0.118 e. The van der Waals surface area contributed by atoms with E-state index in [1.54, 1.807) is 0 Å². The van der Waals surface area contributed by atoms with Gasteiger partial charge in [-0.2, -0.15) is 0 Å². The van der Waals surface area contributed by atoms with E-state index in [-0.39, 0.29) is 0 Å². The summed E-state index contributed by atoms with van der Waals surface area (Å²) < 4.78 is 15.5. The zero-order valence-electron chi connectivity index (χ0n) is 9.01. The molecule has 1 nitrogen and oxygen atoms in total. The van der Waals surface area contributed by atoms with E-state index in [2.05, 4.69) is 5.32 Å². The number of thiophene rings is 1. The van der Waals surface area contributed by atoms with Gasteiger partial charge in [-0.3, -0.25) is 0 Å². The zero-order valence-corrected chi connectivity index (χ0v) is 10.6. The highest BCUT2D eigenvalue weighted by Crippen LogP contribution is 2.40. The fraction of sp³-hybridized carbons (Fsp3) is 0.667. The Kier molecular flexibility index (Phi) is 2.73. The highest BCUT2D eigenvalue weighted by molar-refractivity contribution is 7.16. The molecule has 2 atom stereocenters. The van der Waals surface area contributed by atoms with Crippen LogP contribution in [-0.4, -0.2) is 17.8 Å². The van der Waals surface area contributed by atoms with Gasteiger partial charge in [0.15, 0.2) is 0 Å². The SMILES string of the molecule is FC1(Cc2ccc(Cl)s2)CC2CCC(C1)N2. The van der Waals surface area contributed by atoms with Crippen molar-refractivity contribution >= 4 is 22.9 Å². The van der Waals surface area contributed by atoms with E-state index < -0.39 is 5.67 Å². The van der Waals surface area contributed by atoms with Crippen molar-refractivity contribution in [2.24, 2.45) is 0 Å². The first-order chi connectivity index (χ1) is 7.63. The van der Waals surface area contributed by atoms with Crippen molar-refractivity contribution in [2.75, 3.05) is 0 Å². The van der Waals surface area contributed by atoms with Crippen molar-refractivity contribution in [3.05, 3.63) is 21.3 Å². The molecule has 0 radical (unpaired) electrons. The second kappa shape index (κ2) is 3.97. The molecule has 1 aromatic rings. The largest absolute Gasteiger partial charge is 0.311 e. The average Bonchev–Trinajstić information content (AvgIpc) is 2.73. The average molecular weight is 260 g/mol. The van der Waals surface area contributed by atoms with Crippen molar-refractivity contribution in [3.63, 3.8) is 0 Å². The van der Waals surface area contributed by atoms with E-state index in [0.29, 0.717) is 31.3 Å². The van der Waals surface area contributed by atoms with E-state index in [1.807, 2.05) is 12.1 Å². The molecule has 0 aromatic carbocycles. The van der Waals surface area contributed by atoms with E-state index in [1.165, 1.54) is 11.3 Å². The Morgan fingerprint density at radius 2 is 2.06 bits per heavy atom. The lowest BCUT2D eigenvalue weighted by atomic mass is 9.86. The Morgan fingerprint density at radius 1 is 1.38 bits per heavy atom. The van der Waals surface area contributed by atoms with Gasteiger partial charge in [-0.1, -0.05) is 11.6 Å². The number of hydrogen-bond acceptors (Lipinski definition) is 2. The molecule has 3 rings (SSSR count). The van der Waals surface area contributed by atoms with Gasteiger partial charge in [-0.25, -0.2) is 4.39 Å². The monoisotopic (exact) mass is 259 g/mol. The molecule has 2 saturated heterocycles. The normalized spacial score (nSPS) is 37.9. The molecule has 88 valence electrons. The Bertz CT molecular complexity index is 380. The molecular formula is C12H15ClFNS. The molecule has 4 heteroatoms. The van der Waals surface area contributed by atoms with Gasteiger partial charge in [0, 0.05) is 23.4 Å². The quantitative estimate of drug-likeness (QED) is 0.856. The van der Waals surface area contributed by atoms with Crippen molar-refractivity contribution in [1.82, 2.24) is 5.32 Å². The van der Waals surface area contributed by atoms with Crippen molar-refractivity contribution < 1.29 is 4.39 Å². The van der Waals surface area contributed by atoms with Gasteiger partial charge < -0.3 is 5.32 Å². The summed E-state index contributed by atoms with van der Waals surface area (Å²) in [6.07, 6.45) is 4.15. The molecule has 16 heavy (non-hydrogen) atoms. The number of alkyl halides is 1. The van der Waals surface area contributed by atoms with Crippen LogP contribution >= 0.6 is 22.9 Å². The Labute approximate surface area is 104 Å². The van der Waals surface area contributed by atoms with Gasteiger partial charge in [-0.05, 0) is 37.8 Å². The summed E-state index contributed by atoms with van der Waals surface area (Å²) in [4.78, 5) is 1.08. The van der Waals surface area contributed by atoms with E-state index in [0.717, 1.165) is 22.1 Å². The molecule has 2 unspecified atom stereocenters. The van der Waals surface area contributed by atoms with Gasteiger partial charge in [0.1, 0.15) is 5.67 Å². The Morgan fingerprint density at radius 3 is 2.62 bits per heavy atom. The molecule has 0 aliphatic carbocycles. The summed E-state index contributed by atoms with van der Waals surface area (Å²) in [6, 6.07) is 4.62. The first-order valence-corrected chi connectivity index (χ1v) is 7.02. The van der Waals surface area contributed by atoms with Crippen LogP contribution in [0.5, 0.6) is 0 Å². The zero-order chi connectivity index (χ0) is 11.2. The van der Waals surface area contributed by atoms with Gasteiger partial charge in [0.25, 0.3) is 0 Å². The van der Waals surface area contributed by atoms with Crippen LogP contribution in [0.25, 0.3) is 0 Å². The minimum absolute atomic E-state index is 0.402. The number of halogens is 2. The first kappa shape index (κ1) is 11.0. The summed E-state index contributed by atoms with van der Waals surface area (Å²) in [5.41, 5.74) is -1.01. The molecule has 2 aliphatic heterocycles. The molecule has 3 heterocycles. The van der Waals surface area contributed by atoms with Crippen LogP contribution in [0.1, 0.15) is 30.6 Å². The molecule has 0 spiro atoms. The molecule has 1 aromatic heterocycles. The second-order valence-corrected chi connectivity index (χ2v) is 6.88. The Hall–Kier alpha value is -0.120. The van der Waals surface area contributed by atoms with Gasteiger partial charge >= 0.3 is 0 Å². The molecule has 1 N–H and O–H groups in total. The maximum atomic E-state index is 14.7. The van der Waals surface area contributed by atoms with E-state index >= 15 is 0 Å². The molecule has 0 saturated carbocycles. The standard InChI is InChI=1S/C12H15ClFNS/c13-11-4-3-10(16-11)7-12(14)5-8-1-2-9(6-12)15-8/h3-4,8-9,15H,1-2,5-7H2. The predicted octanol–water partition coefficient (Wildman–Crippen LogP) is 3.57. The summed E-state index contributed by atoms with van der Waals surface area (Å²) in [7, 11) is 0. The number of piperidine rings is 1. The minimum atomic E-state index is -1.01. The second-order valence-electron chi connectivity index (χ2n) is 5.08. The van der Waals surface area contributed by atoms with Crippen molar-refractivity contribution in [1.29, 1.82) is 0 Å². The van der Waals surface area contributed by atoms with Crippen LogP contribution in [0.15, 0.2) is 12.1 Å². The van der Waals surface area contributed by atoms with Crippen LogP contribution in [0.4, 0.5) is 4.39 Å². The van der Waals surface area contributed by atoms with Gasteiger partial charge in [0.2, 0.25) is 0 Å².